The number of ether oxygens (including phenoxy) is 1. The zero-order valence-electron chi connectivity index (χ0n) is 10.0. The maximum atomic E-state index is 13.0. The molecule has 2 aromatic rings. The van der Waals surface area contributed by atoms with Crippen molar-refractivity contribution >= 4 is 11.4 Å². The van der Waals surface area contributed by atoms with Gasteiger partial charge in [0.15, 0.2) is 0 Å². The van der Waals surface area contributed by atoms with E-state index in [-0.39, 0.29) is 11.4 Å². The lowest BCUT2D eigenvalue weighted by atomic mass is 10.1. The van der Waals surface area contributed by atoms with E-state index in [9.17, 15) is 13.2 Å². The van der Waals surface area contributed by atoms with Gasteiger partial charge in [0.25, 0.3) is 0 Å². The lowest BCUT2D eigenvalue weighted by Gasteiger charge is -2.15. The van der Waals surface area contributed by atoms with Crippen LogP contribution in [0.25, 0.3) is 0 Å². The Bertz CT molecular complexity index is 556. The third-order valence-corrected chi connectivity index (χ3v) is 2.47. The van der Waals surface area contributed by atoms with Gasteiger partial charge in [0.1, 0.15) is 5.75 Å². The summed E-state index contributed by atoms with van der Waals surface area (Å²) in [7, 11) is 1.32. The lowest BCUT2D eigenvalue weighted by Crippen LogP contribution is -2.09. The van der Waals surface area contributed by atoms with Crippen molar-refractivity contribution in [3.63, 3.8) is 0 Å². The maximum Gasteiger partial charge on any atom is 0.418 e. The Labute approximate surface area is 108 Å². The zero-order valence-corrected chi connectivity index (χ0v) is 10.0. The van der Waals surface area contributed by atoms with Gasteiger partial charge >= 0.3 is 6.18 Å². The van der Waals surface area contributed by atoms with E-state index in [1.54, 1.807) is 18.3 Å². The average Bonchev–Trinajstić information content (AvgIpc) is 2.39. The van der Waals surface area contributed by atoms with Crippen LogP contribution in [0.1, 0.15) is 5.56 Å². The number of pyridine rings is 1. The molecule has 0 aliphatic rings. The number of hydrogen-bond donors (Lipinski definition) is 1. The van der Waals surface area contributed by atoms with Crippen LogP contribution in [0.5, 0.6) is 5.75 Å². The van der Waals surface area contributed by atoms with Gasteiger partial charge in [-0.25, -0.2) is 0 Å². The van der Waals surface area contributed by atoms with Crippen LogP contribution in [0.3, 0.4) is 0 Å². The average molecular weight is 268 g/mol. The highest BCUT2D eigenvalue weighted by molar-refractivity contribution is 5.64. The van der Waals surface area contributed by atoms with Crippen molar-refractivity contribution in [2.45, 2.75) is 6.18 Å². The van der Waals surface area contributed by atoms with Gasteiger partial charge < -0.3 is 10.1 Å². The molecule has 0 aliphatic heterocycles. The second-order valence-corrected chi connectivity index (χ2v) is 3.78. The van der Waals surface area contributed by atoms with Crippen molar-refractivity contribution in [3.05, 3.63) is 48.3 Å². The van der Waals surface area contributed by atoms with Crippen LogP contribution >= 0.6 is 0 Å². The molecule has 2 rings (SSSR count). The molecule has 0 bridgehead atoms. The van der Waals surface area contributed by atoms with E-state index in [1.165, 1.54) is 25.4 Å². The smallest absolute Gasteiger partial charge is 0.418 e. The Hall–Kier alpha value is -2.24. The first kappa shape index (κ1) is 13.2. The molecule has 0 saturated carbocycles. The number of anilines is 2. The molecule has 0 atom stereocenters. The number of rotatable bonds is 3. The number of benzene rings is 1. The van der Waals surface area contributed by atoms with Crippen LogP contribution < -0.4 is 10.1 Å². The van der Waals surface area contributed by atoms with Crippen LogP contribution in [0.2, 0.25) is 0 Å². The predicted octanol–water partition coefficient (Wildman–Crippen LogP) is 3.85. The van der Waals surface area contributed by atoms with Crippen molar-refractivity contribution in [2.75, 3.05) is 12.4 Å². The maximum absolute atomic E-state index is 13.0. The molecule has 3 nitrogen and oxygen atoms in total. The monoisotopic (exact) mass is 268 g/mol. The Morgan fingerprint density at radius 1 is 1.21 bits per heavy atom. The molecule has 1 heterocycles. The molecule has 19 heavy (non-hydrogen) atoms. The summed E-state index contributed by atoms with van der Waals surface area (Å²) >= 11 is 0. The molecule has 1 N–H and O–H groups in total. The van der Waals surface area contributed by atoms with Crippen LogP contribution in [-0.2, 0) is 6.18 Å². The Kier molecular flexibility index (Phi) is 3.59. The van der Waals surface area contributed by atoms with Crippen molar-refractivity contribution in [1.29, 1.82) is 0 Å². The summed E-state index contributed by atoms with van der Waals surface area (Å²) in [6, 6.07) is 7.03. The highest BCUT2D eigenvalue weighted by atomic mass is 19.4. The standard InChI is InChI=1S/C13H11F3N2O/c1-19-10-4-5-12(11(7-10)13(14,15)16)18-9-3-2-6-17-8-9/h2-8,18H,1H3. The summed E-state index contributed by atoms with van der Waals surface area (Å²) in [5, 5.41) is 2.69. The fourth-order valence-corrected chi connectivity index (χ4v) is 1.59. The molecule has 100 valence electrons. The third kappa shape index (κ3) is 3.15. The number of nitrogens with one attached hydrogen (secondary N) is 1. The van der Waals surface area contributed by atoms with E-state index in [1.807, 2.05) is 0 Å². The van der Waals surface area contributed by atoms with Gasteiger partial charge in [0.2, 0.25) is 0 Å². The van der Waals surface area contributed by atoms with Gasteiger partial charge in [-0.2, -0.15) is 13.2 Å². The summed E-state index contributed by atoms with van der Waals surface area (Å²) in [6.45, 7) is 0. The fourth-order valence-electron chi connectivity index (χ4n) is 1.59. The number of nitrogens with zero attached hydrogens (tertiary/aromatic N) is 1. The Morgan fingerprint density at radius 2 is 2.00 bits per heavy atom. The van der Waals surface area contributed by atoms with Gasteiger partial charge in [-0.3, -0.25) is 4.98 Å². The second kappa shape index (κ2) is 5.17. The molecule has 0 amide bonds. The molecule has 0 unspecified atom stereocenters. The van der Waals surface area contributed by atoms with Crippen LogP contribution in [0, 0.1) is 0 Å². The number of aromatic nitrogens is 1. The van der Waals surface area contributed by atoms with E-state index in [0.29, 0.717) is 5.69 Å². The first-order valence-corrected chi connectivity index (χ1v) is 5.43. The van der Waals surface area contributed by atoms with E-state index in [4.69, 9.17) is 4.74 Å². The number of hydrogen-bond acceptors (Lipinski definition) is 3. The highest BCUT2D eigenvalue weighted by Crippen LogP contribution is 2.38. The first-order valence-electron chi connectivity index (χ1n) is 5.43. The second-order valence-electron chi connectivity index (χ2n) is 3.78. The van der Waals surface area contributed by atoms with Gasteiger partial charge in [-0.05, 0) is 30.3 Å². The molecule has 1 aromatic heterocycles. The Morgan fingerprint density at radius 3 is 2.58 bits per heavy atom. The number of alkyl halides is 3. The molecule has 0 aliphatic carbocycles. The topological polar surface area (TPSA) is 34.1 Å². The number of methoxy groups -OCH3 is 1. The highest BCUT2D eigenvalue weighted by Gasteiger charge is 2.34. The molecule has 0 fully saturated rings. The minimum absolute atomic E-state index is 0.0405. The summed E-state index contributed by atoms with van der Waals surface area (Å²) in [6.07, 6.45) is -1.46. The zero-order chi connectivity index (χ0) is 13.9. The number of halogens is 3. The van der Waals surface area contributed by atoms with E-state index < -0.39 is 11.7 Å². The van der Waals surface area contributed by atoms with Crippen LogP contribution in [0.4, 0.5) is 24.5 Å². The third-order valence-electron chi connectivity index (χ3n) is 2.47. The summed E-state index contributed by atoms with van der Waals surface area (Å²) < 4.78 is 43.7. The van der Waals surface area contributed by atoms with Crippen LogP contribution in [0.15, 0.2) is 42.7 Å². The largest absolute Gasteiger partial charge is 0.497 e. The van der Waals surface area contributed by atoms with E-state index in [2.05, 4.69) is 10.3 Å². The summed E-state index contributed by atoms with van der Waals surface area (Å²) in [4.78, 5) is 3.84. The molecule has 0 radical (unpaired) electrons. The van der Waals surface area contributed by atoms with Crippen molar-refractivity contribution in [2.24, 2.45) is 0 Å². The predicted molar refractivity (Wildman–Crippen MR) is 65.5 cm³/mol. The lowest BCUT2D eigenvalue weighted by molar-refractivity contribution is -0.137. The van der Waals surface area contributed by atoms with Crippen molar-refractivity contribution in [1.82, 2.24) is 4.98 Å². The first-order chi connectivity index (χ1) is 9.00. The quantitative estimate of drug-likeness (QED) is 0.918. The normalized spacial score (nSPS) is 11.2. The molecule has 0 spiro atoms. The SMILES string of the molecule is COc1ccc(Nc2cccnc2)c(C(F)(F)F)c1. The minimum Gasteiger partial charge on any atom is -0.497 e. The minimum atomic E-state index is -4.46. The Balaban J connectivity index is 2.40. The summed E-state index contributed by atoms with van der Waals surface area (Å²) in [5.74, 6) is 0.157. The molecule has 0 saturated heterocycles. The van der Waals surface area contributed by atoms with Crippen LogP contribution in [-0.4, -0.2) is 12.1 Å². The molecular formula is C13H11F3N2O. The van der Waals surface area contributed by atoms with E-state index in [0.717, 1.165) is 6.07 Å². The molecular weight excluding hydrogens is 257 g/mol. The molecule has 6 heteroatoms. The van der Waals surface area contributed by atoms with Gasteiger partial charge in [-0.15, -0.1) is 0 Å². The fraction of sp³-hybridized carbons (Fsp3) is 0.154. The van der Waals surface area contributed by atoms with Gasteiger partial charge in [0.05, 0.1) is 30.2 Å². The molecule has 1 aromatic carbocycles. The van der Waals surface area contributed by atoms with Gasteiger partial charge in [0, 0.05) is 6.20 Å². The summed E-state index contributed by atoms with van der Waals surface area (Å²) in [5.41, 5.74) is -0.338. The van der Waals surface area contributed by atoms with Crippen molar-refractivity contribution < 1.29 is 17.9 Å². The van der Waals surface area contributed by atoms with Crippen molar-refractivity contribution in [3.8, 4) is 5.75 Å². The van der Waals surface area contributed by atoms with Gasteiger partial charge in [-0.1, -0.05) is 0 Å². The van der Waals surface area contributed by atoms with E-state index >= 15 is 0 Å².